The highest BCUT2D eigenvalue weighted by Gasteiger charge is 2.08. The molecule has 0 aliphatic rings. The van der Waals surface area contributed by atoms with Gasteiger partial charge in [-0.3, -0.25) is 4.68 Å². The monoisotopic (exact) mass is 206 g/mol. The molecule has 0 atom stereocenters. The van der Waals surface area contributed by atoms with E-state index >= 15 is 0 Å². The zero-order valence-electron chi connectivity index (χ0n) is 9.68. The van der Waals surface area contributed by atoms with Crippen molar-refractivity contribution in [3.63, 3.8) is 0 Å². The van der Waals surface area contributed by atoms with Crippen LogP contribution in [0.25, 0.3) is 0 Å². The average Bonchev–Trinajstić information content (AvgIpc) is 2.42. The fraction of sp³-hybridized carbons (Fsp3) is 0.545. The molecule has 0 amide bonds. The summed E-state index contributed by atoms with van der Waals surface area (Å²) < 4.78 is 1.98. The van der Waals surface area contributed by atoms with Gasteiger partial charge in [0.2, 0.25) is 0 Å². The summed E-state index contributed by atoms with van der Waals surface area (Å²) in [6.45, 7) is 11.8. The average molecular weight is 206 g/mol. The minimum absolute atomic E-state index is 0.917. The zero-order chi connectivity index (χ0) is 10.8. The van der Waals surface area contributed by atoms with Crippen molar-refractivity contribution < 1.29 is 0 Å². The molecule has 1 aromatic heterocycles. The molecule has 0 aromatic carbocycles. The largest absolute Gasteiger partial charge is 0.269 e. The maximum Gasteiger partial charge on any atom is 0.129 e. The molecule has 0 fully saturated rings. The fourth-order valence-electron chi connectivity index (χ4n) is 1.14. The third-order valence-electron chi connectivity index (χ3n) is 1.97. The van der Waals surface area contributed by atoms with Gasteiger partial charge in [0.1, 0.15) is 8.07 Å². The number of hydrogen-bond acceptors (Lipinski definition) is 1. The maximum atomic E-state index is 4.26. The van der Waals surface area contributed by atoms with Crippen LogP contribution < -0.4 is 0 Å². The minimum atomic E-state index is -1.26. The normalized spacial score (nSPS) is 10.9. The van der Waals surface area contributed by atoms with Crippen LogP contribution in [0.3, 0.4) is 0 Å². The minimum Gasteiger partial charge on any atom is -0.269 e. The van der Waals surface area contributed by atoms with Crippen molar-refractivity contribution in [1.82, 2.24) is 9.78 Å². The maximum absolute atomic E-state index is 4.26. The predicted octanol–water partition coefficient (Wildman–Crippen LogP) is 2.44. The van der Waals surface area contributed by atoms with Crippen molar-refractivity contribution in [2.24, 2.45) is 0 Å². The lowest BCUT2D eigenvalue weighted by Crippen LogP contribution is -2.16. The molecule has 1 rings (SSSR count). The second-order valence-corrected chi connectivity index (χ2v) is 9.21. The molecule has 1 heterocycles. The predicted molar refractivity (Wildman–Crippen MR) is 62.9 cm³/mol. The van der Waals surface area contributed by atoms with Crippen LogP contribution in [-0.4, -0.2) is 17.9 Å². The van der Waals surface area contributed by atoms with Crippen molar-refractivity contribution in [1.29, 1.82) is 0 Å². The van der Waals surface area contributed by atoms with Crippen molar-refractivity contribution in [2.75, 3.05) is 0 Å². The Hall–Kier alpha value is -1.01. The first-order chi connectivity index (χ1) is 6.44. The first kappa shape index (κ1) is 11.1. The van der Waals surface area contributed by atoms with Crippen LogP contribution >= 0.6 is 0 Å². The topological polar surface area (TPSA) is 17.8 Å². The summed E-state index contributed by atoms with van der Waals surface area (Å²) in [5.41, 5.74) is 5.61. The molecule has 0 aliphatic heterocycles. The lowest BCUT2D eigenvalue weighted by atomic mass is 10.3. The molecule has 0 saturated carbocycles. The molecule has 0 aliphatic carbocycles. The number of hydrogen-bond donors (Lipinski definition) is 0. The Balaban J connectivity index is 2.97. The highest BCUT2D eigenvalue weighted by Crippen LogP contribution is 2.06. The third kappa shape index (κ3) is 2.74. The van der Waals surface area contributed by atoms with Gasteiger partial charge < -0.3 is 0 Å². The molecular formula is C11H18N2Si. The standard InChI is InChI=1S/C11H18N2Si/c1-6-13-10(2)11(9-12-13)7-8-14(3,4)5/h9H,6H2,1-5H3. The van der Waals surface area contributed by atoms with Crippen molar-refractivity contribution in [3.05, 3.63) is 17.5 Å². The van der Waals surface area contributed by atoms with E-state index in [0.29, 0.717) is 0 Å². The molecule has 0 spiro atoms. The first-order valence-corrected chi connectivity index (χ1v) is 8.49. The number of aryl methyl sites for hydroxylation is 1. The fourth-order valence-corrected chi connectivity index (χ4v) is 1.65. The van der Waals surface area contributed by atoms with Crippen molar-refractivity contribution in [2.45, 2.75) is 40.0 Å². The van der Waals surface area contributed by atoms with Crippen LogP contribution in [0.4, 0.5) is 0 Å². The Bertz CT molecular complexity index is 374. The summed E-state index contributed by atoms with van der Waals surface area (Å²) in [5, 5.41) is 4.26. The summed E-state index contributed by atoms with van der Waals surface area (Å²) in [4.78, 5) is 0. The van der Waals surface area contributed by atoms with E-state index in [9.17, 15) is 0 Å². The van der Waals surface area contributed by atoms with Gasteiger partial charge in [-0.1, -0.05) is 25.6 Å². The van der Waals surface area contributed by atoms with Crippen LogP contribution in [0, 0.1) is 18.4 Å². The molecular weight excluding hydrogens is 188 g/mol. The van der Waals surface area contributed by atoms with Gasteiger partial charge in [0.25, 0.3) is 0 Å². The lowest BCUT2D eigenvalue weighted by Gasteiger charge is -2.03. The molecule has 3 heteroatoms. The number of rotatable bonds is 1. The molecule has 1 aromatic rings. The van der Waals surface area contributed by atoms with Crippen LogP contribution in [0.2, 0.25) is 19.6 Å². The van der Waals surface area contributed by atoms with Gasteiger partial charge in [-0.25, -0.2) is 0 Å². The summed E-state index contributed by atoms with van der Waals surface area (Å²) in [7, 11) is -1.26. The Labute approximate surface area is 87.3 Å². The van der Waals surface area contributed by atoms with Gasteiger partial charge in [0.15, 0.2) is 0 Å². The van der Waals surface area contributed by atoms with Crippen LogP contribution in [-0.2, 0) is 6.54 Å². The molecule has 0 saturated heterocycles. The van der Waals surface area contributed by atoms with E-state index in [4.69, 9.17) is 0 Å². The van der Waals surface area contributed by atoms with E-state index in [0.717, 1.165) is 12.1 Å². The molecule has 0 bridgehead atoms. The lowest BCUT2D eigenvalue weighted by molar-refractivity contribution is 0.639. The van der Waals surface area contributed by atoms with Crippen molar-refractivity contribution >= 4 is 8.07 Å². The van der Waals surface area contributed by atoms with Gasteiger partial charge in [-0.05, 0) is 13.8 Å². The van der Waals surface area contributed by atoms with Gasteiger partial charge in [-0.2, -0.15) is 5.10 Å². The molecule has 76 valence electrons. The molecule has 2 nitrogen and oxygen atoms in total. The Morgan fingerprint density at radius 2 is 2.07 bits per heavy atom. The third-order valence-corrected chi connectivity index (χ3v) is 2.85. The quantitative estimate of drug-likeness (QED) is 0.510. The smallest absolute Gasteiger partial charge is 0.129 e. The zero-order valence-corrected chi connectivity index (χ0v) is 10.7. The highest BCUT2D eigenvalue weighted by atomic mass is 28.3. The van der Waals surface area contributed by atoms with Gasteiger partial charge in [0, 0.05) is 6.54 Å². The van der Waals surface area contributed by atoms with E-state index < -0.39 is 8.07 Å². The van der Waals surface area contributed by atoms with Gasteiger partial charge in [0.05, 0.1) is 17.5 Å². The van der Waals surface area contributed by atoms with E-state index in [1.807, 2.05) is 10.9 Å². The van der Waals surface area contributed by atoms with E-state index in [1.54, 1.807) is 0 Å². The molecule has 0 radical (unpaired) electrons. The summed E-state index contributed by atoms with van der Waals surface area (Å²) in [5.74, 6) is 3.24. The second kappa shape index (κ2) is 4.01. The van der Waals surface area contributed by atoms with Gasteiger partial charge in [-0.15, -0.1) is 5.54 Å². The van der Waals surface area contributed by atoms with E-state index in [1.165, 1.54) is 5.69 Å². The molecule has 0 unspecified atom stereocenters. The second-order valence-electron chi connectivity index (χ2n) is 4.46. The number of aromatic nitrogens is 2. The Morgan fingerprint density at radius 3 is 2.50 bits per heavy atom. The summed E-state index contributed by atoms with van der Waals surface area (Å²) in [6, 6.07) is 0. The Morgan fingerprint density at radius 1 is 1.43 bits per heavy atom. The van der Waals surface area contributed by atoms with E-state index in [-0.39, 0.29) is 0 Å². The highest BCUT2D eigenvalue weighted by molar-refractivity contribution is 6.83. The molecule has 0 N–H and O–H groups in total. The summed E-state index contributed by atoms with van der Waals surface area (Å²) >= 11 is 0. The van der Waals surface area contributed by atoms with Crippen molar-refractivity contribution in [3.8, 4) is 11.5 Å². The van der Waals surface area contributed by atoms with E-state index in [2.05, 4.69) is 50.1 Å². The van der Waals surface area contributed by atoms with Crippen LogP contribution in [0.15, 0.2) is 6.20 Å². The van der Waals surface area contributed by atoms with Gasteiger partial charge >= 0.3 is 0 Å². The molecule has 14 heavy (non-hydrogen) atoms. The van der Waals surface area contributed by atoms with Crippen LogP contribution in [0.1, 0.15) is 18.2 Å². The SMILES string of the molecule is CCn1ncc(C#C[Si](C)(C)C)c1C. The number of nitrogens with zero attached hydrogens (tertiary/aromatic N) is 2. The van der Waals surface area contributed by atoms with Crippen LogP contribution in [0.5, 0.6) is 0 Å². The summed E-state index contributed by atoms with van der Waals surface area (Å²) in [6.07, 6.45) is 1.87. The first-order valence-electron chi connectivity index (χ1n) is 4.99. The Kier molecular flexibility index (Phi) is 3.17.